The van der Waals surface area contributed by atoms with Crippen molar-refractivity contribution in [3.63, 3.8) is 0 Å². The van der Waals surface area contributed by atoms with E-state index in [-0.39, 0.29) is 36.3 Å². The number of piperazine rings is 1. The second-order valence-corrected chi connectivity index (χ2v) is 15.5. The predicted octanol–water partition coefficient (Wildman–Crippen LogP) is 4.07. The van der Waals surface area contributed by atoms with Crippen LogP contribution in [0, 0.1) is 5.92 Å². The summed E-state index contributed by atoms with van der Waals surface area (Å²) < 4.78 is 1.46. The minimum Gasteiger partial charge on any atom is -0.480 e. The molecule has 264 valence electrons. The first-order chi connectivity index (χ1) is 23.5. The standard InChI is InChI=1S/C35H45Br2N7O5/c1-40-14-15-43(21-30(40)34(47)48)25-6-12-42(13-7-25)33(46)24(16-22-17-27(36)32(38)28(37)18-22)19-31(45)41-10-8-26(9-11-41)44-20-23-4-2-3-5-29(23)39-35(44)49/h2-5,17-18,24-26,30H,6-16,19-21,38H2,1H3,(H,39,49)(H,47,48). The first kappa shape index (κ1) is 35.6. The second kappa shape index (κ2) is 15.4. The molecule has 0 spiro atoms. The van der Waals surface area contributed by atoms with Gasteiger partial charge in [-0.3, -0.25) is 24.2 Å². The van der Waals surface area contributed by atoms with Crippen molar-refractivity contribution in [2.75, 3.05) is 63.9 Å². The van der Waals surface area contributed by atoms with Gasteiger partial charge < -0.3 is 30.9 Å². The van der Waals surface area contributed by atoms with Gasteiger partial charge in [0.05, 0.1) is 11.6 Å². The van der Waals surface area contributed by atoms with E-state index in [1.807, 2.05) is 63.0 Å². The summed E-state index contributed by atoms with van der Waals surface area (Å²) in [5, 5.41) is 12.7. The number of para-hydroxylation sites is 1. The fourth-order valence-electron chi connectivity index (χ4n) is 7.77. The third-order valence-corrected chi connectivity index (χ3v) is 12.1. The van der Waals surface area contributed by atoms with E-state index in [1.165, 1.54) is 0 Å². The van der Waals surface area contributed by atoms with Crippen molar-refractivity contribution >= 4 is 67.0 Å². The number of aliphatic carboxylic acids is 1. The molecule has 0 radical (unpaired) electrons. The number of rotatable bonds is 8. The van der Waals surface area contributed by atoms with Crippen LogP contribution < -0.4 is 11.1 Å². The van der Waals surface area contributed by atoms with Crippen LogP contribution >= 0.6 is 31.9 Å². The minimum absolute atomic E-state index is 0.0313. The van der Waals surface area contributed by atoms with Crippen LogP contribution in [0.25, 0.3) is 0 Å². The normalized spacial score (nSPS) is 22.1. The van der Waals surface area contributed by atoms with Crippen LogP contribution in [0.2, 0.25) is 0 Å². The molecule has 3 saturated heterocycles. The monoisotopic (exact) mass is 801 g/mol. The summed E-state index contributed by atoms with van der Waals surface area (Å²) in [5.41, 5.74) is 9.56. The van der Waals surface area contributed by atoms with Gasteiger partial charge in [-0.25, -0.2) is 4.79 Å². The van der Waals surface area contributed by atoms with Crippen LogP contribution in [0.15, 0.2) is 45.3 Å². The number of likely N-dealkylation sites (N-methyl/N-ethyl adjacent to an activating group) is 1. The number of nitrogens with one attached hydrogen (secondary N) is 1. The van der Waals surface area contributed by atoms with E-state index in [2.05, 4.69) is 42.1 Å². The molecule has 49 heavy (non-hydrogen) atoms. The summed E-state index contributed by atoms with van der Waals surface area (Å²) >= 11 is 7.05. The molecule has 4 N–H and O–H groups in total. The fraction of sp³-hybridized carbons (Fsp3) is 0.543. The van der Waals surface area contributed by atoms with E-state index < -0.39 is 17.9 Å². The van der Waals surface area contributed by atoms with Crippen LogP contribution in [-0.2, 0) is 27.3 Å². The number of nitrogens with two attached hydrogens (primary N) is 1. The maximum atomic E-state index is 14.2. The molecule has 3 fully saturated rings. The topological polar surface area (TPSA) is 143 Å². The number of carbonyl (C=O) groups is 4. The van der Waals surface area contributed by atoms with Crippen LogP contribution in [0.1, 0.15) is 43.2 Å². The van der Waals surface area contributed by atoms with Crippen molar-refractivity contribution in [1.82, 2.24) is 24.5 Å². The molecular weight excluding hydrogens is 758 g/mol. The highest BCUT2D eigenvalue weighted by atomic mass is 79.9. The number of benzene rings is 2. The Bertz CT molecular complexity index is 1550. The Labute approximate surface area is 304 Å². The zero-order chi connectivity index (χ0) is 34.8. The number of piperidine rings is 2. The number of hydrogen-bond donors (Lipinski definition) is 3. The SMILES string of the molecule is CN1CCN(C2CCN(C(=O)C(CC(=O)N3CCC(N4Cc5ccccc5NC4=O)CC3)Cc3cc(Br)c(N)c(Br)c3)CC2)CC1C(=O)O. The lowest BCUT2D eigenvalue weighted by Gasteiger charge is -2.44. The first-order valence-corrected chi connectivity index (χ1v) is 18.7. The van der Waals surface area contributed by atoms with Gasteiger partial charge in [-0.2, -0.15) is 0 Å². The van der Waals surface area contributed by atoms with Crippen LogP contribution in [-0.4, -0.2) is 124 Å². The molecule has 4 aliphatic rings. The average Bonchev–Trinajstić information content (AvgIpc) is 3.10. The van der Waals surface area contributed by atoms with Crippen molar-refractivity contribution < 1.29 is 24.3 Å². The predicted molar refractivity (Wildman–Crippen MR) is 194 cm³/mol. The Morgan fingerprint density at radius 1 is 0.939 bits per heavy atom. The van der Waals surface area contributed by atoms with Gasteiger partial charge in [0.15, 0.2) is 0 Å². The Balaban J connectivity index is 1.09. The highest BCUT2D eigenvalue weighted by molar-refractivity contribution is 9.11. The number of anilines is 2. The lowest BCUT2D eigenvalue weighted by atomic mass is 9.91. The fourth-order valence-corrected chi connectivity index (χ4v) is 9.05. The van der Waals surface area contributed by atoms with E-state index >= 15 is 0 Å². The number of carbonyl (C=O) groups excluding carboxylic acids is 3. The highest BCUT2D eigenvalue weighted by Gasteiger charge is 2.38. The number of amides is 4. The molecule has 4 amide bonds. The summed E-state index contributed by atoms with van der Waals surface area (Å²) in [6, 6.07) is 11.3. The zero-order valence-corrected chi connectivity index (χ0v) is 31.0. The third-order valence-electron chi connectivity index (χ3n) is 10.8. The molecule has 2 atom stereocenters. The molecule has 6 rings (SSSR count). The summed E-state index contributed by atoms with van der Waals surface area (Å²) in [4.78, 5) is 62.4. The third kappa shape index (κ3) is 8.08. The number of likely N-dealkylation sites (tertiary alicyclic amines) is 2. The zero-order valence-electron chi connectivity index (χ0n) is 27.8. The number of urea groups is 1. The first-order valence-electron chi connectivity index (χ1n) is 17.1. The number of carboxylic acids is 1. The maximum Gasteiger partial charge on any atom is 0.322 e. The van der Waals surface area contributed by atoms with Gasteiger partial charge in [0.2, 0.25) is 11.8 Å². The summed E-state index contributed by atoms with van der Waals surface area (Å²) in [6.07, 6.45) is 3.39. The number of nitrogens with zero attached hydrogens (tertiary/aromatic N) is 5. The van der Waals surface area contributed by atoms with Crippen molar-refractivity contribution in [2.24, 2.45) is 5.92 Å². The van der Waals surface area contributed by atoms with Gasteiger partial charge in [0.1, 0.15) is 6.04 Å². The van der Waals surface area contributed by atoms with E-state index in [9.17, 15) is 24.3 Å². The molecule has 0 saturated carbocycles. The molecule has 2 aromatic rings. The van der Waals surface area contributed by atoms with Gasteiger partial charge in [-0.05, 0) is 100 Å². The van der Waals surface area contributed by atoms with E-state index in [0.29, 0.717) is 70.8 Å². The van der Waals surface area contributed by atoms with E-state index in [1.54, 1.807) is 0 Å². The van der Waals surface area contributed by atoms with Crippen molar-refractivity contribution in [3.05, 3.63) is 56.5 Å². The number of halogens is 2. The van der Waals surface area contributed by atoms with Crippen LogP contribution in [0.4, 0.5) is 16.2 Å². The second-order valence-electron chi connectivity index (χ2n) is 13.8. The molecule has 2 aromatic carbocycles. The van der Waals surface area contributed by atoms with Gasteiger partial charge >= 0.3 is 12.0 Å². The number of fused-ring (bicyclic) bond motifs is 1. The molecule has 0 bridgehead atoms. The van der Waals surface area contributed by atoms with E-state index in [4.69, 9.17) is 5.73 Å². The summed E-state index contributed by atoms with van der Waals surface area (Å²) in [7, 11) is 1.85. The number of hydrogen-bond acceptors (Lipinski definition) is 7. The summed E-state index contributed by atoms with van der Waals surface area (Å²) in [6.45, 7) is 4.74. The Hall–Kier alpha value is -3.20. The van der Waals surface area contributed by atoms with Crippen molar-refractivity contribution in [3.8, 4) is 0 Å². The molecule has 0 aliphatic carbocycles. The summed E-state index contributed by atoms with van der Waals surface area (Å²) in [5.74, 6) is -1.43. The van der Waals surface area contributed by atoms with Gasteiger partial charge in [-0.1, -0.05) is 18.2 Å². The van der Waals surface area contributed by atoms with Gasteiger partial charge in [-0.15, -0.1) is 0 Å². The molecule has 12 nitrogen and oxygen atoms in total. The van der Waals surface area contributed by atoms with Crippen LogP contribution in [0.3, 0.4) is 0 Å². The molecule has 4 aliphatic heterocycles. The van der Waals surface area contributed by atoms with E-state index in [0.717, 1.165) is 45.1 Å². The molecule has 14 heteroatoms. The number of carboxylic acid groups (broad SMARTS) is 1. The van der Waals surface area contributed by atoms with Crippen molar-refractivity contribution in [1.29, 1.82) is 0 Å². The van der Waals surface area contributed by atoms with Crippen LogP contribution in [0.5, 0.6) is 0 Å². The largest absolute Gasteiger partial charge is 0.480 e. The minimum atomic E-state index is -0.805. The van der Waals surface area contributed by atoms with Gasteiger partial charge in [0.25, 0.3) is 0 Å². The maximum absolute atomic E-state index is 14.2. The highest BCUT2D eigenvalue weighted by Crippen LogP contribution is 2.33. The van der Waals surface area contributed by atoms with Crippen molar-refractivity contribution in [2.45, 2.75) is 63.2 Å². The quantitative estimate of drug-likeness (QED) is 0.340. The number of nitrogen functional groups attached to an aromatic ring is 1. The molecule has 4 heterocycles. The smallest absolute Gasteiger partial charge is 0.322 e. The lowest BCUT2D eigenvalue weighted by molar-refractivity contribution is -0.146. The lowest BCUT2D eigenvalue weighted by Crippen LogP contribution is -2.59. The Morgan fingerprint density at radius 2 is 1.57 bits per heavy atom. The average molecular weight is 804 g/mol. The molecular formula is C35H45Br2N7O5. The Morgan fingerprint density at radius 3 is 2.24 bits per heavy atom. The Kier molecular flexibility index (Phi) is 11.2. The van der Waals surface area contributed by atoms with Gasteiger partial charge in [0, 0.05) is 85.5 Å². The molecule has 2 unspecified atom stereocenters. The molecule has 0 aromatic heterocycles.